The largest absolute Gasteiger partial charge is 0.421 e. The third-order valence-corrected chi connectivity index (χ3v) is 2.33. The molecule has 0 bridgehead atoms. The zero-order valence-electron chi connectivity index (χ0n) is 7.36. The smallest absolute Gasteiger partial charge is 0.245 e. The molecule has 1 aromatic rings. The molecule has 1 fully saturated rings. The molecule has 0 radical (unpaired) electrons. The van der Waals surface area contributed by atoms with Gasteiger partial charge >= 0.3 is 0 Å². The molecule has 0 spiro atoms. The van der Waals surface area contributed by atoms with Gasteiger partial charge in [0, 0.05) is 0 Å². The third kappa shape index (κ3) is 1.84. The first-order valence-corrected chi connectivity index (χ1v) is 4.86. The van der Waals surface area contributed by atoms with Gasteiger partial charge in [-0.15, -0.1) is 21.8 Å². The van der Waals surface area contributed by atoms with Crippen LogP contribution in [0.5, 0.6) is 0 Å². The summed E-state index contributed by atoms with van der Waals surface area (Å²) >= 11 is 5.54. The van der Waals surface area contributed by atoms with Gasteiger partial charge in [-0.05, 0) is 19.8 Å². The van der Waals surface area contributed by atoms with E-state index in [0.29, 0.717) is 11.8 Å². The number of hydrogen-bond acceptors (Lipinski definition) is 4. The molecule has 2 atom stereocenters. The Morgan fingerprint density at radius 2 is 2.31 bits per heavy atom. The average molecular weight is 203 g/mol. The number of halogens is 1. The Balaban J connectivity index is 2.08. The molecule has 2 rings (SSSR count). The van der Waals surface area contributed by atoms with Crippen molar-refractivity contribution in [3.8, 4) is 0 Å². The summed E-state index contributed by atoms with van der Waals surface area (Å²) in [5, 5.41) is 7.65. The normalized spacial score (nSPS) is 28.2. The van der Waals surface area contributed by atoms with Gasteiger partial charge in [-0.3, -0.25) is 0 Å². The second-order valence-electron chi connectivity index (χ2n) is 3.18. The van der Waals surface area contributed by atoms with Gasteiger partial charge in [0.15, 0.2) is 0 Å². The third-order valence-electron chi connectivity index (χ3n) is 2.10. The maximum Gasteiger partial charge on any atom is 0.245 e. The molecule has 2 unspecified atom stereocenters. The summed E-state index contributed by atoms with van der Waals surface area (Å²) in [4.78, 5) is 0. The summed E-state index contributed by atoms with van der Waals surface area (Å²) in [7, 11) is 0. The molecule has 13 heavy (non-hydrogen) atoms. The van der Waals surface area contributed by atoms with Crippen LogP contribution < -0.4 is 0 Å². The Labute approximate surface area is 81.2 Å². The van der Waals surface area contributed by atoms with E-state index in [0.717, 1.165) is 12.8 Å². The molecule has 2 heterocycles. The molecular formula is C8H11ClN2O2. The van der Waals surface area contributed by atoms with Crippen LogP contribution in [0.2, 0.25) is 0 Å². The van der Waals surface area contributed by atoms with Gasteiger partial charge in [0.1, 0.15) is 12.0 Å². The lowest BCUT2D eigenvalue weighted by atomic mass is 10.2. The lowest BCUT2D eigenvalue weighted by Gasteiger charge is -2.04. The maximum atomic E-state index is 5.57. The number of ether oxygens (including phenoxy) is 1. The van der Waals surface area contributed by atoms with Gasteiger partial charge in [0.2, 0.25) is 11.8 Å². The topological polar surface area (TPSA) is 48.2 Å². The molecule has 5 heteroatoms. The molecule has 0 amide bonds. The van der Waals surface area contributed by atoms with Crippen molar-refractivity contribution in [2.75, 3.05) is 0 Å². The number of alkyl halides is 1. The minimum absolute atomic E-state index is 0.0283. The molecule has 1 aromatic heterocycles. The lowest BCUT2D eigenvalue weighted by Crippen LogP contribution is -2.01. The fraction of sp³-hybridized carbons (Fsp3) is 0.750. The molecule has 0 N–H and O–H groups in total. The van der Waals surface area contributed by atoms with Crippen LogP contribution in [0.4, 0.5) is 0 Å². The van der Waals surface area contributed by atoms with Gasteiger partial charge in [0.05, 0.1) is 6.10 Å². The van der Waals surface area contributed by atoms with Gasteiger partial charge in [0.25, 0.3) is 0 Å². The van der Waals surface area contributed by atoms with E-state index >= 15 is 0 Å². The summed E-state index contributed by atoms with van der Waals surface area (Å²) in [6, 6.07) is 0. The van der Waals surface area contributed by atoms with Crippen LogP contribution in [0.1, 0.15) is 37.7 Å². The zero-order valence-corrected chi connectivity index (χ0v) is 8.12. The first-order chi connectivity index (χ1) is 6.29. The fourth-order valence-electron chi connectivity index (χ4n) is 1.43. The van der Waals surface area contributed by atoms with Crippen LogP contribution in [0.3, 0.4) is 0 Å². The van der Waals surface area contributed by atoms with Crippen molar-refractivity contribution in [3.63, 3.8) is 0 Å². The zero-order chi connectivity index (χ0) is 9.26. The molecule has 0 aliphatic carbocycles. The Morgan fingerprint density at radius 1 is 1.46 bits per heavy atom. The number of nitrogens with zero attached hydrogens (tertiary/aromatic N) is 2. The monoisotopic (exact) mass is 202 g/mol. The van der Waals surface area contributed by atoms with Crippen molar-refractivity contribution < 1.29 is 9.15 Å². The summed E-state index contributed by atoms with van der Waals surface area (Å²) in [5.41, 5.74) is 0. The maximum absolute atomic E-state index is 5.57. The van der Waals surface area contributed by atoms with Gasteiger partial charge in [-0.1, -0.05) is 0 Å². The predicted molar refractivity (Wildman–Crippen MR) is 46.4 cm³/mol. The van der Waals surface area contributed by atoms with E-state index in [-0.39, 0.29) is 18.1 Å². The van der Waals surface area contributed by atoms with Crippen LogP contribution in [-0.4, -0.2) is 16.3 Å². The Hall–Kier alpha value is -0.610. The molecule has 0 aromatic carbocycles. The van der Waals surface area contributed by atoms with Crippen molar-refractivity contribution in [3.05, 3.63) is 11.8 Å². The summed E-state index contributed by atoms with van der Waals surface area (Å²) < 4.78 is 10.9. The standard InChI is InChI=1S/C8H11ClN2O2/c1-5-2-3-6(12-5)8-11-10-7(4-9)13-8/h5-6H,2-4H2,1H3. The Kier molecular flexibility index (Phi) is 2.51. The molecular weight excluding hydrogens is 192 g/mol. The minimum Gasteiger partial charge on any atom is -0.421 e. The Morgan fingerprint density at radius 3 is 2.85 bits per heavy atom. The van der Waals surface area contributed by atoms with Crippen molar-refractivity contribution in [1.82, 2.24) is 10.2 Å². The summed E-state index contributed by atoms with van der Waals surface area (Å²) in [6.07, 6.45) is 2.25. The first kappa shape index (κ1) is 8.97. The van der Waals surface area contributed by atoms with Gasteiger partial charge < -0.3 is 9.15 Å². The van der Waals surface area contributed by atoms with E-state index in [4.69, 9.17) is 20.8 Å². The predicted octanol–water partition coefficient (Wildman–Crippen LogP) is 2.05. The lowest BCUT2D eigenvalue weighted by molar-refractivity contribution is 0.0385. The quantitative estimate of drug-likeness (QED) is 0.689. The number of aromatic nitrogens is 2. The number of hydrogen-bond donors (Lipinski definition) is 0. The first-order valence-electron chi connectivity index (χ1n) is 4.33. The van der Waals surface area contributed by atoms with Gasteiger partial charge in [-0.2, -0.15) is 0 Å². The Bertz CT molecular complexity index is 289. The van der Waals surface area contributed by atoms with Crippen LogP contribution in [-0.2, 0) is 10.6 Å². The van der Waals surface area contributed by atoms with Crippen LogP contribution >= 0.6 is 11.6 Å². The SMILES string of the molecule is CC1CCC(c2nnc(CCl)o2)O1. The molecule has 72 valence electrons. The van der Waals surface area contributed by atoms with Crippen LogP contribution in [0, 0.1) is 0 Å². The molecule has 1 aliphatic heterocycles. The molecule has 0 saturated carbocycles. The van der Waals surface area contributed by atoms with Crippen molar-refractivity contribution >= 4 is 11.6 Å². The average Bonchev–Trinajstić information content (AvgIpc) is 2.71. The van der Waals surface area contributed by atoms with Crippen LogP contribution in [0.15, 0.2) is 4.42 Å². The van der Waals surface area contributed by atoms with E-state index in [9.17, 15) is 0 Å². The van der Waals surface area contributed by atoms with E-state index in [1.165, 1.54) is 0 Å². The van der Waals surface area contributed by atoms with Crippen molar-refractivity contribution in [2.45, 2.75) is 37.9 Å². The summed E-state index contributed by atoms with van der Waals surface area (Å²) in [5.74, 6) is 1.27. The second kappa shape index (κ2) is 3.64. The molecule has 1 aliphatic rings. The van der Waals surface area contributed by atoms with E-state index < -0.39 is 0 Å². The fourth-order valence-corrected chi connectivity index (χ4v) is 1.54. The second-order valence-corrected chi connectivity index (χ2v) is 3.45. The molecule has 4 nitrogen and oxygen atoms in total. The highest BCUT2D eigenvalue weighted by Crippen LogP contribution is 2.31. The van der Waals surface area contributed by atoms with Crippen LogP contribution in [0.25, 0.3) is 0 Å². The summed E-state index contributed by atoms with van der Waals surface area (Å²) in [6.45, 7) is 2.04. The highest BCUT2D eigenvalue weighted by Gasteiger charge is 2.27. The number of rotatable bonds is 2. The highest BCUT2D eigenvalue weighted by atomic mass is 35.5. The van der Waals surface area contributed by atoms with E-state index in [1.807, 2.05) is 6.92 Å². The van der Waals surface area contributed by atoms with E-state index in [2.05, 4.69) is 10.2 Å². The minimum atomic E-state index is -0.0283. The van der Waals surface area contributed by atoms with Crippen molar-refractivity contribution in [2.24, 2.45) is 0 Å². The van der Waals surface area contributed by atoms with E-state index in [1.54, 1.807) is 0 Å². The highest BCUT2D eigenvalue weighted by molar-refractivity contribution is 6.16. The molecule has 1 saturated heterocycles. The van der Waals surface area contributed by atoms with Crippen molar-refractivity contribution in [1.29, 1.82) is 0 Å². The van der Waals surface area contributed by atoms with Gasteiger partial charge in [-0.25, -0.2) is 0 Å².